The van der Waals surface area contributed by atoms with Gasteiger partial charge in [0.1, 0.15) is 11.3 Å². The van der Waals surface area contributed by atoms with E-state index >= 15 is 0 Å². The van der Waals surface area contributed by atoms with E-state index in [1.165, 1.54) is 0 Å². The molecule has 5 nitrogen and oxygen atoms in total. The summed E-state index contributed by atoms with van der Waals surface area (Å²) in [5, 5.41) is 10.4. The molecule has 0 unspecified atom stereocenters. The van der Waals surface area contributed by atoms with E-state index in [1.807, 2.05) is 20.8 Å². The molecule has 1 N–H and O–H groups in total. The van der Waals surface area contributed by atoms with Crippen molar-refractivity contribution in [2.24, 2.45) is 0 Å². The lowest BCUT2D eigenvalue weighted by Crippen LogP contribution is -2.32. The molecule has 0 aliphatic heterocycles. The minimum absolute atomic E-state index is 0.331. The molecule has 0 saturated carbocycles. The van der Waals surface area contributed by atoms with E-state index in [0.29, 0.717) is 23.8 Å². The Labute approximate surface area is 117 Å². The van der Waals surface area contributed by atoms with Crippen LogP contribution in [0.15, 0.2) is 12.1 Å². The predicted molar refractivity (Wildman–Crippen MR) is 72.8 cm³/mol. The molecule has 0 atom stereocenters. The third-order valence-electron chi connectivity index (χ3n) is 1.77. The Hall–Kier alpha value is -1.80. The number of carbonyl (C=O) groups excluding carboxylic acids is 1. The zero-order valence-electron chi connectivity index (χ0n) is 11.2. The minimum atomic E-state index is -0.491. The lowest BCUT2D eigenvalue weighted by Gasteiger charge is -2.19. The lowest BCUT2D eigenvalue weighted by atomic mass is 10.2. The van der Waals surface area contributed by atoms with Gasteiger partial charge in [0.05, 0.1) is 0 Å². The first-order valence-electron chi connectivity index (χ1n) is 5.82. The number of carbonyl (C=O) groups is 1. The van der Waals surface area contributed by atoms with E-state index in [9.17, 15) is 4.79 Å². The van der Waals surface area contributed by atoms with Gasteiger partial charge < -0.3 is 10.1 Å². The Balaban J connectivity index is 2.28. The van der Waals surface area contributed by atoms with Crippen molar-refractivity contribution in [3.8, 4) is 11.8 Å². The molecule has 1 aromatic heterocycles. The number of aromatic nitrogens is 2. The molecule has 0 bridgehead atoms. The van der Waals surface area contributed by atoms with Crippen molar-refractivity contribution in [1.82, 2.24) is 15.5 Å². The summed E-state index contributed by atoms with van der Waals surface area (Å²) >= 11 is 5.60. The van der Waals surface area contributed by atoms with Crippen LogP contribution in [0.3, 0.4) is 0 Å². The van der Waals surface area contributed by atoms with Crippen molar-refractivity contribution < 1.29 is 9.53 Å². The monoisotopic (exact) mass is 281 g/mol. The molecule has 0 spiro atoms. The van der Waals surface area contributed by atoms with Gasteiger partial charge in [0.2, 0.25) is 0 Å². The van der Waals surface area contributed by atoms with Crippen molar-refractivity contribution in [2.45, 2.75) is 32.8 Å². The molecular weight excluding hydrogens is 266 g/mol. The van der Waals surface area contributed by atoms with Gasteiger partial charge in [0.25, 0.3) is 0 Å². The van der Waals surface area contributed by atoms with Gasteiger partial charge in [-0.15, -0.1) is 10.2 Å². The van der Waals surface area contributed by atoms with Crippen LogP contribution in [0.25, 0.3) is 0 Å². The van der Waals surface area contributed by atoms with E-state index in [1.54, 1.807) is 12.1 Å². The highest BCUT2D eigenvalue weighted by Gasteiger charge is 2.15. The summed E-state index contributed by atoms with van der Waals surface area (Å²) in [7, 11) is 0. The number of nitrogens with zero attached hydrogens (tertiary/aromatic N) is 2. The molecule has 0 aliphatic carbocycles. The second-order valence-electron chi connectivity index (χ2n) is 4.72. The van der Waals surface area contributed by atoms with Crippen molar-refractivity contribution in [1.29, 1.82) is 0 Å². The summed E-state index contributed by atoms with van der Waals surface area (Å²) in [6.45, 7) is 5.85. The van der Waals surface area contributed by atoms with Gasteiger partial charge in [0, 0.05) is 13.0 Å². The fraction of sp³-hybridized carbons (Fsp3) is 0.462. The molecule has 6 heteroatoms. The standard InChI is InChI=1S/C13H16ClN3O2/c1-13(2,3)19-12(18)15-9-5-4-6-10-7-8-11(14)17-16-10/h7-8H,5,9H2,1-3H3,(H,15,18). The van der Waals surface area contributed by atoms with Crippen LogP contribution in [0.1, 0.15) is 32.9 Å². The second kappa shape index (κ2) is 6.95. The highest BCUT2D eigenvalue weighted by atomic mass is 35.5. The fourth-order valence-corrected chi connectivity index (χ4v) is 1.18. The van der Waals surface area contributed by atoms with Crippen LogP contribution in [-0.2, 0) is 4.74 Å². The van der Waals surface area contributed by atoms with E-state index in [4.69, 9.17) is 16.3 Å². The number of hydrogen-bond acceptors (Lipinski definition) is 4. The Bertz CT molecular complexity index is 483. The third kappa shape index (κ3) is 7.27. The molecule has 1 aromatic rings. The number of hydrogen-bond donors (Lipinski definition) is 1. The summed E-state index contributed by atoms with van der Waals surface area (Å²) in [4.78, 5) is 11.3. The van der Waals surface area contributed by atoms with Gasteiger partial charge in [-0.05, 0) is 38.8 Å². The smallest absolute Gasteiger partial charge is 0.407 e. The number of rotatable bonds is 2. The molecule has 0 saturated heterocycles. The van der Waals surface area contributed by atoms with Gasteiger partial charge >= 0.3 is 6.09 Å². The first-order chi connectivity index (χ1) is 8.87. The van der Waals surface area contributed by atoms with Crippen LogP contribution in [0, 0.1) is 11.8 Å². The molecular formula is C13H16ClN3O2. The van der Waals surface area contributed by atoms with Gasteiger partial charge in [0.15, 0.2) is 5.15 Å². The molecule has 1 rings (SSSR count). The van der Waals surface area contributed by atoms with E-state index < -0.39 is 11.7 Å². The van der Waals surface area contributed by atoms with E-state index in [0.717, 1.165) is 0 Å². The lowest BCUT2D eigenvalue weighted by molar-refractivity contribution is 0.0529. The number of nitrogens with one attached hydrogen (secondary N) is 1. The molecule has 0 fully saturated rings. The van der Waals surface area contributed by atoms with Gasteiger partial charge in [-0.3, -0.25) is 0 Å². The summed E-state index contributed by atoms with van der Waals surface area (Å²) < 4.78 is 5.08. The highest BCUT2D eigenvalue weighted by Crippen LogP contribution is 2.06. The summed E-state index contributed by atoms with van der Waals surface area (Å²) in [6, 6.07) is 3.31. The molecule has 1 heterocycles. The Morgan fingerprint density at radius 3 is 2.74 bits per heavy atom. The van der Waals surface area contributed by atoms with Gasteiger partial charge in [-0.2, -0.15) is 0 Å². The van der Waals surface area contributed by atoms with Crippen LogP contribution in [0.2, 0.25) is 5.15 Å². The highest BCUT2D eigenvalue weighted by molar-refractivity contribution is 6.29. The van der Waals surface area contributed by atoms with Gasteiger partial charge in [-0.1, -0.05) is 17.5 Å². The molecule has 0 aliphatic rings. The molecule has 0 radical (unpaired) electrons. The van der Waals surface area contributed by atoms with Crippen LogP contribution in [-0.4, -0.2) is 28.4 Å². The maximum absolute atomic E-state index is 11.3. The molecule has 102 valence electrons. The topological polar surface area (TPSA) is 64.1 Å². The number of alkyl carbamates (subject to hydrolysis) is 1. The van der Waals surface area contributed by atoms with Crippen molar-refractivity contribution >= 4 is 17.7 Å². The van der Waals surface area contributed by atoms with Crippen LogP contribution < -0.4 is 5.32 Å². The van der Waals surface area contributed by atoms with Crippen LogP contribution in [0.4, 0.5) is 4.79 Å². The van der Waals surface area contributed by atoms with E-state index in [-0.39, 0.29) is 0 Å². The fourth-order valence-electron chi connectivity index (χ4n) is 1.08. The quantitative estimate of drug-likeness (QED) is 0.668. The van der Waals surface area contributed by atoms with Crippen molar-refractivity contribution in [2.75, 3.05) is 6.54 Å². The largest absolute Gasteiger partial charge is 0.444 e. The molecule has 1 amide bonds. The normalized spacial score (nSPS) is 10.3. The first kappa shape index (κ1) is 15.3. The average molecular weight is 282 g/mol. The zero-order valence-corrected chi connectivity index (χ0v) is 11.9. The van der Waals surface area contributed by atoms with Gasteiger partial charge in [-0.25, -0.2) is 4.79 Å². The zero-order chi connectivity index (χ0) is 14.3. The minimum Gasteiger partial charge on any atom is -0.444 e. The van der Waals surface area contributed by atoms with Crippen LogP contribution >= 0.6 is 11.6 Å². The third-order valence-corrected chi connectivity index (χ3v) is 1.97. The Kier molecular flexibility index (Phi) is 5.58. The summed E-state index contributed by atoms with van der Waals surface area (Å²) in [5.41, 5.74) is 0.0518. The average Bonchev–Trinajstić information content (AvgIpc) is 2.29. The van der Waals surface area contributed by atoms with Crippen molar-refractivity contribution in [3.63, 3.8) is 0 Å². The molecule has 19 heavy (non-hydrogen) atoms. The van der Waals surface area contributed by atoms with Crippen LogP contribution in [0.5, 0.6) is 0 Å². The van der Waals surface area contributed by atoms with Crippen molar-refractivity contribution in [3.05, 3.63) is 23.0 Å². The summed E-state index contributed by atoms with van der Waals surface area (Å²) in [6.07, 6.45) is 0.0596. The molecule has 0 aromatic carbocycles. The van der Waals surface area contributed by atoms with E-state index in [2.05, 4.69) is 27.4 Å². The second-order valence-corrected chi connectivity index (χ2v) is 5.11. The maximum atomic E-state index is 11.3. The Morgan fingerprint density at radius 1 is 1.42 bits per heavy atom. The number of ether oxygens (including phenoxy) is 1. The number of amides is 1. The SMILES string of the molecule is CC(C)(C)OC(=O)NCCC#Cc1ccc(Cl)nn1. The maximum Gasteiger partial charge on any atom is 0.407 e. The first-order valence-corrected chi connectivity index (χ1v) is 6.19. The Morgan fingerprint density at radius 2 is 2.16 bits per heavy atom. The summed E-state index contributed by atoms with van der Waals surface area (Å²) in [5.74, 6) is 5.69. The number of halogens is 1. The predicted octanol–water partition coefficient (Wildman–Crippen LogP) is 2.40.